The van der Waals surface area contributed by atoms with Gasteiger partial charge in [0, 0.05) is 15.9 Å². The summed E-state index contributed by atoms with van der Waals surface area (Å²) in [5.74, 6) is 1.50. The zero-order valence-electron chi connectivity index (χ0n) is 15.5. The van der Waals surface area contributed by atoms with E-state index in [0.29, 0.717) is 0 Å². The summed E-state index contributed by atoms with van der Waals surface area (Å²) in [4.78, 5) is 6.27. The topological polar surface area (TPSA) is 22.1 Å². The molecule has 0 N–H and O–H groups in total. The summed E-state index contributed by atoms with van der Waals surface area (Å²) < 4.78 is 5.50. The summed E-state index contributed by atoms with van der Waals surface area (Å²) in [7, 11) is 1.72. The van der Waals surface area contributed by atoms with Crippen LogP contribution in [0.25, 0.3) is 0 Å². The van der Waals surface area contributed by atoms with Crippen LogP contribution in [0.4, 0.5) is 0 Å². The fraction of sp³-hybridized carbons (Fsp3) is 0.500. The number of methoxy groups -OCH3 is 1. The first-order chi connectivity index (χ1) is 12.2. The molecule has 132 valence electrons. The molecule has 4 rings (SSSR count). The molecule has 0 unspecified atom stereocenters. The minimum absolute atomic E-state index is 0.107. The second kappa shape index (κ2) is 6.68. The lowest BCUT2D eigenvalue weighted by molar-refractivity contribution is 0.392. The molecule has 0 radical (unpaired) electrons. The third-order valence-corrected chi connectivity index (χ3v) is 6.78. The van der Waals surface area contributed by atoms with Gasteiger partial charge in [0.1, 0.15) is 0 Å². The second-order valence-corrected chi connectivity index (χ2v) is 8.42. The Hall–Kier alpha value is -1.48. The van der Waals surface area contributed by atoms with Crippen molar-refractivity contribution >= 4 is 11.8 Å². The fourth-order valence-electron chi connectivity index (χ4n) is 4.45. The van der Waals surface area contributed by atoms with E-state index >= 15 is 0 Å². The third kappa shape index (κ3) is 2.97. The normalized spacial score (nSPS) is 19.2. The number of ether oxygens (including phenoxy) is 1. The Kier molecular flexibility index (Phi) is 4.53. The lowest BCUT2D eigenvalue weighted by Gasteiger charge is -2.24. The number of aryl methyl sites for hydroxylation is 1. The number of rotatable bonds is 5. The number of aromatic nitrogens is 1. The molecule has 0 amide bonds. The number of hydrogen-bond donors (Lipinski definition) is 0. The third-order valence-electron chi connectivity index (χ3n) is 6.05. The summed E-state index contributed by atoms with van der Waals surface area (Å²) in [5.41, 5.74) is 5.51. The second-order valence-electron chi connectivity index (χ2n) is 7.54. The van der Waals surface area contributed by atoms with Gasteiger partial charge in [0.15, 0.2) is 0 Å². The molecule has 1 heterocycles. The van der Waals surface area contributed by atoms with Gasteiger partial charge in [-0.1, -0.05) is 25.0 Å². The van der Waals surface area contributed by atoms with Crippen LogP contribution >= 0.6 is 11.8 Å². The van der Waals surface area contributed by atoms with E-state index in [1.165, 1.54) is 54.7 Å². The van der Waals surface area contributed by atoms with Crippen molar-refractivity contribution in [3.8, 4) is 5.88 Å². The molecular weight excluding hydrogens is 326 g/mol. The maximum absolute atomic E-state index is 5.50. The average molecular weight is 354 g/mol. The minimum atomic E-state index is 0.107. The zero-order valence-corrected chi connectivity index (χ0v) is 16.3. The van der Waals surface area contributed by atoms with Crippen molar-refractivity contribution in [3.05, 3.63) is 52.7 Å². The molecule has 2 aliphatic rings. The zero-order chi connectivity index (χ0) is 17.4. The van der Waals surface area contributed by atoms with E-state index in [1.807, 2.05) is 11.8 Å². The summed E-state index contributed by atoms with van der Waals surface area (Å²) in [5, 5.41) is 0. The lowest BCUT2D eigenvalue weighted by Crippen LogP contribution is -2.15. The van der Waals surface area contributed by atoms with Crippen LogP contribution in [0.15, 0.2) is 35.2 Å². The van der Waals surface area contributed by atoms with Gasteiger partial charge in [0.25, 0.3) is 0 Å². The van der Waals surface area contributed by atoms with E-state index in [1.54, 1.807) is 12.7 Å². The summed E-state index contributed by atoms with van der Waals surface area (Å²) in [6, 6.07) is 11.5. The van der Waals surface area contributed by atoms with Gasteiger partial charge in [-0.2, -0.15) is 0 Å². The van der Waals surface area contributed by atoms with Crippen LogP contribution in [-0.2, 0) is 5.41 Å². The Balaban J connectivity index is 1.80. The first-order valence-electron chi connectivity index (χ1n) is 9.38. The van der Waals surface area contributed by atoms with Gasteiger partial charge in [0.05, 0.1) is 12.8 Å². The predicted octanol–water partition coefficient (Wildman–Crippen LogP) is 5.86. The number of thioether (sulfide) groups is 1. The van der Waals surface area contributed by atoms with Crippen LogP contribution in [0.3, 0.4) is 0 Å². The Morgan fingerprint density at radius 1 is 1.12 bits per heavy atom. The van der Waals surface area contributed by atoms with Crippen molar-refractivity contribution in [2.45, 2.75) is 61.7 Å². The van der Waals surface area contributed by atoms with E-state index in [-0.39, 0.29) is 5.41 Å². The number of benzene rings is 1. The first kappa shape index (κ1) is 17.0. The standard InChI is InChI=1S/C22H27NOS/c1-15-8-11-20(23-21(15)24-2)22(12-13-22)19-10-9-17(25-3)14-18(19)16-6-4-5-7-16/h8-11,14,16H,4-7,12-13H2,1-3H3. The number of pyridine rings is 1. The van der Waals surface area contributed by atoms with Crippen molar-refractivity contribution in [2.75, 3.05) is 13.4 Å². The molecule has 3 heteroatoms. The van der Waals surface area contributed by atoms with Crippen molar-refractivity contribution in [2.24, 2.45) is 0 Å². The average Bonchev–Trinajstić information content (AvgIpc) is 3.27. The summed E-state index contributed by atoms with van der Waals surface area (Å²) in [6.07, 6.45) is 9.99. The smallest absolute Gasteiger partial charge is 0.216 e. The van der Waals surface area contributed by atoms with Gasteiger partial charge in [-0.15, -0.1) is 11.8 Å². The maximum atomic E-state index is 5.50. The first-order valence-corrected chi connectivity index (χ1v) is 10.6. The van der Waals surface area contributed by atoms with Crippen LogP contribution in [0.2, 0.25) is 0 Å². The Morgan fingerprint density at radius 3 is 2.52 bits per heavy atom. The van der Waals surface area contributed by atoms with Crippen molar-refractivity contribution in [1.82, 2.24) is 4.98 Å². The molecule has 0 bridgehead atoms. The highest BCUT2D eigenvalue weighted by Crippen LogP contribution is 2.56. The van der Waals surface area contributed by atoms with Crippen molar-refractivity contribution < 1.29 is 4.74 Å². The highest BCUT2D eigenvalue weighted by molar-refractivity contribution is 7.98. The summed E-state index contributed by atoms with van der Waals surface area (Å²) >= 11 is 1.85. The Bertz CT molecular complexity index is 776. The molecule has 2 aliphatic carbocycles. The number of nitrogens with zero attached hydrogens (tertiary/aromatic N) is 1. The molecule has 1 aromatic heterocycles. The molecule has 25 heavy (non-hydrogen) atoms. The molecule has 0 saturated heterocycles. The van der Waals surface area contributed by atoms with E-state index in [2.05, 4.69) is 43.5 Å². The van der Waals surface area contributed by atoms with Gasteiger partial charge in [-0.3, -0.25) is 0 Å². The van der Waals surface area contributed by atoms with Gasteiger partial charge in [-0.25, -0.2) is 4.98 Å². The van der Waals surface area contributed by atoms with Crippen molar-refractivity contribution in [3.63, 3.8) is 0 Å². The molecular formula is C22H27NOS. The molecule has 1 aromatic carbocycles. The van der Waals surface area contributed by atoms with Gasteiger partial charge in [0.2, 0.25) is 5.88 Å². The Labute approximate surface area is 155 Å². The highest BCUT2D eigenvalue weighted by atomic mass is 32.2. The van der Waals surface area contributed by atoms with Gasteiger partial charge in [-0.05, 0) is 74.1 Å². The quantitative estimate of drug-likeness (QED) is 0.629. The molecule has 0 aliphatic heterocycles. The Morgan fingerprint density at radius 2 is 1.88 bits per heavy atom. The molecule has 2 nitrogen and oxygen atoms in total. The molecule has 2 aromatic rings. The molecule has 2 saturated carbocycles. The van der Waals surface area contributed by atoms with E-state index < -0.39 is 0 Å². The fourth-order valence-corrected chi connectivity index (χ4v) is 4.90. The maximum Gasteiger partial charge on any atom is 0.216 e. The molecule has 2 fully saturated rings. The largest absolute Gasteiger partial charge is 0.481 e. The molecule has 0 spiro atoms. The van der Waals surface area contributed by atoms with E-state index in [0.717, 1.165) is 17.4 Å². The van der Waals surface area contributed by atoms with Crippen LogP contribution in [0, 0.1) is 6.92 Å². The molecule has 0 atom stereocenters. The van der Waals surface area contributed by atoms with Crippen LogP contribution in [0.1, 0.15) is 66.8 Å². The predicted molar refractivity (Wildman–Crippen MR) is 105 cm³/mol. The van der Waals surface area contributed by atoms with Crippen LogP contribution < -0.4 is 4.74 Å². The monoisotopic (exact) mass is 353 g/mol. The van der Waals surface area contributed by atoms with Gasteiger partial charge >= 0.3 is 0 Å². The van der Waals surface area contributed by atoms with Crippen LogP contribution in [0.5, 0.6) is 5.88 Å². The van der Waals surface area contributed by atoms with E-state index in [4.69, 9.17) is 9.72 Å². The lowest BCUT2D eigenvalue weighted by atomic mass is 9.82. The minimum Gasteiger partial charge on any atom is -0.481 e. The van der Waals surface area contributed by atoms with E-state index in [9.17, 15) is 0 Å². The van der Waals surface area contributed by atoms with Crippen LogP contribution in [-0.4, -0.2) is 18.3 Å². The number of hydrogen-bond acceptors (Lipinski definition) is 3. The summed E-state index contributed by atoms with van der Waals surface area (Å²) in [6.45, 7) is 2.06. The highest BCUT2D eigenvalue weighted by Gasteiger charge is 2.49. The van der Waals surface area contributed by atoms with Crippen molar-refractivity contribution in [1.29, 1.82) is 0 Å². The van der Waals surface area contributed by atoms with Gasteiger partial charge < -0.3 is 4.74 Å². The SMILES string of the molecule is COc1nc(C2(c3ccc(SC)cc3C3CCCC3)CC2)ccc1C.